The van der Waals surface area contributed by atoms with E-state index >= 15 is 0 Å². The Morgan fingerprint density at radius 3 is 2.71 bits per heavy atom. The standard InChI is InChI=1S/C14H12BrN3O3/c15-10-3-1-2-9(6-10)8-17-14(19)12-7-11(18(20)21)4-5-13(12)16/h1-7H,8,16H2,(H,17,19). The second-order valence-corrected chi connectivity index (χ2v) is 5.26. The van der Waals surface area contributed by atoms with Gasteiger partial charge in [-0.25, -0.2) is 0 Å². The Morgan fingerprint density at radius 2 is 2.05 bits per heavy atom. The maximum Gasteiger partial charge on any atom is 0.270 e. The van der Waals surface area contributed by atoms with Gasteiger partial charge in [0.2, 0.25) is 0 Å². The summed E-state index contributed by atoms with van der Waals surface area (Å²) in [5.74, 6) is -0.448. The summed E-state index contributed by atoms with van der Waals surface area (Å²) in [6.45, 7) is 0.306. The zero-order valence-corrected chi connectivity index (χ0v) is 12.5. The van der Waals surface area contributed by atoms with E-state index in [9.17, 15) is 14.9 Å². The van der Waals surface area contributed by atoms with Crippen LogP contribution in [0.25, 0.3) is 0 Å². The van der Waals surface area contributed by atoms with E-state index in [-0.39, 0.29) is 16.9 Å². The van der Waals surface area contributed by atoms with Crippen molar-refractivity contribution in [3.63, 3.8) is 0 Å². The van der Waals surface area contributed by atoms with Gasteiger partial charge in [-0.1, -0.05) is 28.1 Å². The molecule has 108 valence electrons. The summed E-state index contributed by atoms with van der Waals surface area (Å²) in [6, 6.07) is 11.3. The van der Waals surface area contributed by atoms with Gasteiger partial charge in [0.25, 0.3) is 11.6 Å². The summed E-state index contributed by atoms with van der Waals surface area (Å²) >= 11 is 3.34. The molecule has 0 spiro atoms. The quantitative estimate of drug-likeness (QED) is 0.503. The summed E-state index contributed by atoms with van der Waals surface area (Å²) in [7, 11) is 0. The Kier molecular flexibility index (Phi) is 4.54. The molecule has 0 atom stereocenters. The number of benzene rings is 2. The fourth-order valence-corrected chi connectivity index (χ4v) is 2.23. The van der Waals surface area contributed by atoms with Crippen molar-refractivity contribution in [1.29, 1.82) is 0 Å². The molecule has 2 aromatic rings. The Hall–Kier alpha value is -2.41. The Balaban J connectivity index is 2.13. The number of non-ortho nitro benzene ring substituents is 1. The van der Waals surface area contributed by atoms with Gasteiger partial charge in [-0.15, -0.1) is 0 Å². The topological polar surface area (TPSA) is 98.3 Å². The number of rotatable bonds is 4. The SMILES string of the molecule is Nc1ccc([N+](=O)[O-])cc1C(=O)NCc1cccc(Br)c1. The average molecular weight is 350 g/mol. The van der Waals surface area contributed by atoms with Crippen LogP contribution < -0.4 is 11.1 Å². The maximum atomic E-state index is 12.1. The highest BCUT2D eigenvalue weighted by Crippen LogP contribution is 2.19. The number of nitrogens with one attached hydrogen (secondary N) is 1. The van der Waals surface area contributed by atoms with Crippen molar-refractivity contribution < 1.29 is 9.72 Å². The first kappa shape index (κ1) is 15.0. The second kappa shape index (κ2) is 6.36. The molecule has 2 aromatic carbocycles. The van der Waals surface area contributed by atoms with Crippen LogP contribution in [0, 0.1) is 10.1 Å². The summed E-state index contributed by atoms with van der Waals surface area (Å²) in [4.78, 5) is 22.2. The molecule has 0 aliphatic carbocycles. The number of nitro benzene ring substituents is 1. The van der Waals surface area contributed by atoms with Crippen molar-refractivity contribution in [3.8, 4) is 0 Å². The molecule has 0 saturated heterocycles. The van der Waals surface area contributed by atoms with E-state index in [1.807, 2.05) is 24.3 Å². The minimum Gasteiger partial charge on any atom is -0.398 e. The van der Waals surface area contributed by atoms with Gasteiger partial charge in [-0.3, -0.25) is 14.9 Å². The molecule has 21 heavy (non-hydrogen) atoms. The highest BCUT2D eigenvalue weighted by atomic mass is 79.9. The first-order valence-corrected chi connectivity index (χ1v) is 6.83. The van der Waals surface area contributed by atoms with Crippen LogP contribution in [0.3, 0.4) is 0 Å². The lowest BCUT2D eigenvalue weighted by Crippen LogP contribution is -2.23. The van der Waals surface area contributed by atoms with E-state index in [0.717, 1.165) is 10.0 Å². The van der Waals surface area contributed by atoms with Gasteiger partial charge in [0.1, 0.15) is 0 Å². The van der Waals surface area contributed by atoms with Gasteiger partial charge in [-0.2, -0.15) is 0 Å². The van der Waals surface area contributed by atoms with Crippen molar-refractivity contribution >= 4 is 33.2 Å². The van der Waals surface area contributed by atoms with Gasteiger partial charge >= 0.3 is 0 Å². The normalized spacial score (nSPS) is 10.1. The molecule has 0 aliphatic heterocycles. The molecule has 0 radical (unpaired) electrons. The predicted octanol–water partition coefficient (Wildman–Crippen LogP) is 2.87. The van der Waals surface area contributed by atoms with E-state index in [4.69, 9.17) is 5.73 Å². The van der Waals surface area contributed by atoms with Crippen molar-refractivity contribution in [3.05, 3.63) is 68.2 Å². The number of carbonyl (C=O) groups excluding carboxylic acids is 1. The van der Waals surface area contributed by atoms with E-state index in [1.54, 1.807) is 0 Å². The van der Waals surface area contributed by atoms with Gasteiger partial charge in [0, 0.05) is 28.8 Å². The molecule has 0 heterocycles. The van der Waals surface area contributed by atoms with Crippen LogP contribution in [0.5, 0.6) is 0 Å². The smallest absolute Gasteiger partial charge is 0.270 e. The number of amides is 1. The molecule has 0 aromatic heterocycles. The zero-order valence-electron chi connectivity index (χ0n) is 10.9. The Labute approximate surface area is 129 Å². The number of carbonyl (C=O) groups is 1. The molecular formula is C14H12BrN3O3. The first-order chi connectivity index (χ1) is 9.97. The number of hydrogen-bond donors (Lipinski definition) is 2. The number of halogens is 1. The average Bonchev–Trinajstić information content (AvgIpc) is 2.45. The fourth-order valence-electron chi connectivity index (χ4n) is 1.78. The molecule has 7 heteroatoms. The first-order valence-electron chi connectivity index (χ1n) is 6.04. The molecule has 0 fully saturated rings. The molecule has 0 unspecified atom stereocenters. The third-order valence-electron chi connectivity index (χ3n) is 2.83. The molecule has 0 bridgehead atoms. The van der Waals surface area contributed by atoms with Crippen molar-refractivity contribution in [1.82, 2.24) is 5.32 Å². The summed E-state index contributed by atoms with van der Waals surface area (Å²) in [6.07, 6.45) is 0. The number of nitrogen functional groups attached to an aromatic ring is 1. The lowest BCUT2D eigenvalue weighted by atomic mass is 10.1. The predicted molar refractivity (Wildman–Crippen MR) is 82.8 cm³/mol. The van der Waals surface area contributed by atoms with Crippen LogP contribution in [0.2, 0.25) is 0 Å². The van der Waals surface area contributed by atoms with Crippen molar-refractivity contribution in [2.75, 3.05) is 5.73 Å². The van der Waals surface area contributed by atoms with Gasteiger partial charge in [0.05, 0.1) is 10.5 Å². The van der Waals surface area contributed by atoms with Crippen LogP contribution in [0.15, 0.2) is 46.9 Å². The van der Waals surface area contributed by atoms with Crippen LogP contribution in [0.4, 0.5) is 11.4 Å². The molecule has 0 saturated carbocycles. The largest absolute Gasteiger partial charge is 0.398 e. The summed E-state index contributed by atoms with van der Waals surface area (Å²) < 4.78 is 0.907. The minimum atomic E-state index is -0.565. The Morgan fingerprint density at radius 1 is 1.29 bits per heavy atom. The highest BCUT2D eigenvalue weighted by molar-refractivity contribution is 9.10. The van der Waals surface area contributed by atoms with E-state index in [2.05, 4.69) is 21.2 Å². The molecule has 3 N–H and O–H groups in total. The molecule has 0 aliphatic rings. The zero-order chi connectivity index (χ0) is 15.4. The van der Waals surface area contributed by atoms with Crippen LogP contribution in [-0.4, -0.2) is 10.8 Å². The number of nitro groups is 1. The maximum absolute atomic E-state index is 12.1. The minimum absolute atomic E-state index is 0.0965. The van der Waals surface area contributed by atoms with Gasteiger partial charge in [-0.05, 0) is 23.8 Å². The number of anilines is 1. The molecule has 1 amide bonds. The summed E-state index contributed by atoms with van der Waals surface area (Å²) in [5, 5.41) is 13.4. The highest BCUT2D eigenvalue weighted by Gasteiger charge is 2.15. The lowest BCUT2D eigenvalue weighted by Gasteiger charge is -2.08. The fraction of sp³-hybridized carbons (Fsp3) is 0.0714. The number of nitrogens with zero attached hydrogens (tertiary/aromatic N) is 1. The van der Waals surface area contributed by atoms with Crippen LogP contribution in [0.1, 0.15) is 15.9 Å². The van der Waals surface area contributed by atoms with Gasteiger partial charge in [0.15, 0.2) is 0 Å². The van der Waals surface area contributed by atoms with Crippen LogP contribution in [-0.2, 0) is 6.54 Å². The van der Waals surface area contributed by atoms with Crippen LogP contribution >= 0.6 is 15.9 Å². The molecule has 2 rings (SSSR count). The van der Waals surface area contributed by atoms with Crippen molar-refractivity contribution in [2.24, 2.45) is 0 Å². The second-order valence-electron chi connectivity index (χ2n) is 4.34. The van der Waals surface area contributed by atoms with Gasteiger partial charge < -0.3 is 11.1 Å². The third-order valence-corrected chi connectivity index (χ3v) is 3.33. The van der Waals surface area contributed by atoms with E-state index in [1.165, 1.54) is 18.2 Å². The number of nitrogens with two attached hydrogens (primary N) is 1. The van der Waals surface area contributed by atoms with Crippen molar-refractivity contribution in [2.45, 2.75) is 6.54 Å². The van der Waals surface area contributed by atoms with E-state index < -0.39 is 10.8 Å². The lowest BCUT2D eigenvalue weighted by molar-refractivity contribution is -0.384. The molecule has 6 nitrogen and oxygen atoms in total. The number of hydrogen-bond acceptors (Lipinski definition) is 4. The summed E-state index contributed by atoms with van der Waals surface area (Å²) in [5.41, 5.74) is 6.73. The Bertz CT molecular complexity index is 704. The third kappa shape index (κ3) is 3.79. The monoisotopic (exact) mass is 349 g/mol. The molecular weight excluding hydrogens is 338 g/mol. The van der Waals surface area contributed by atoms with E-state index in [0.29, 0.717) is 6.54 Å².